The van der Waals surface area contributed by atoms with Crippen molar-refractivity contribution in [1.29, 1.82) is 0 Å². The van der Waals surface area contributed by atoms with Gasteiger partial charge in [0, 0.05) is 0 Å². The standard InChI is InChI=1S/C32H68N.C2F6NO4S2/c1-5-9-13-17-21-25-29-33(30-26-22-18-14-10-6-2,31-27-23-19-15-11-7-3)32-28-24-20-16-12-8-4;3-1(4,5)14(10,11)9-15(12,13)2(6,7)8/h5-32H2,1-4H3;/q+1;-1. The second-order valence-electron chi connectivity index (χ2n) is 13.2. The van der Waals surface area contributed by atoms with E-state index in [9.17, 15) is 43.2 Å². The molecule has 0 radical (unpaired) electrons. The first-order valence-corrected chi connectivity index (χ1v) is 21.5. The fourth-order valence-electron chi connectivity index (χ4n) is 5.79. The van der Waals surface area contributed by atoms with E-state index in [1.165, 1.54) is 185 Å². The number of halogens is 6. The van der Waals surface area contributed by atoms with Gasteiger partial charge >= 0.3 is 11.0 Å². The molecule has 0 aliphatic heterocycles. The van der Waals surface area contributed by atoms with E-state index in [-0.39, 0.29) is 0 Å². The van der Waals surface area contributed by atoms with Crippen molar-refractivity contribution < 1.29 is 47.7 Å². The Morgan fingerprint density at radius 2 is 0.562 bits per heavy atom. The smallest absolute Gasteiger partial charge is 0.421 e. The second kappa shape index (κ2) is 28.0. The van der Waals surface area contributed by atoms with E-state index in [1.807, 2.05) is 0 Å². The van der Waals surface area contributed by atoms with Crippen LogP contribution in [0.15, 0.2) is 0 Å². The molecule has 0 saturated carbocycles. The van der Waals surface area contributed by atoms with Crippen molar-refractivity contribution in [1.82, 2.24) is 0 Å². The zero-order chi connectivity index (χ0) is 37.0. The maximum atomic E-state index is 11.4. The third-order valence-electron chi connectivity index (χ3n) is 8.73. The van der Waals surface area contributed by atoms with Crippen LogP contribution in [-0.4, -0.2) is 58.5 Å². The van der Waals surface area contributed by atoms with Crippen LogP contribution in [0.1, 0.15) is 182 Å². The lowest BCUT2D eigenvalue weighted by atomic mass is 10.0. The number of alkyl halides is 6. The molecular formula is C34H68F6N2O4S2. The Morgan fingerprint density at radius 1 is 0.375 bits per heavy atom. The molecule has 6 nitrogen and oxygen atoms in total. The van der Waals surface area contributed by atoms with Gasteiger partial charge in [0.1, 0.15) is 0 Å². The number of hydrogen-bond acceptors (Lipinski definition) is 4. The van der Waals surface area contributed by atoms with Crippen molar-refractivity contribution in [3.05, 3.63) is 4.13 Å². The lowest BCUT2D eigenvalue weighted by Crippen LogP contribution is -2.50. The van der Waals surface area contributed by atoms with Gasteiger partial charge in [0.15, 0.2) is 20.0 Å². The highest BCUT2D eigenvalue weighted by Gasteiger charge is 2.47. The maximum absolute atomic E-state index is 11.4. The summed E-state index contributed by atoms with van der Waals surface area (Å²) in [5.41, 5.74) is -12.4. The lowest BCUT2D eigenvalue weighted by Gasteiger charge is -2.40. The summed E-state index contributed by atoms with van der Waals surface area (Å²) < 4.78 is 111. The Hall–Kier alpha value is -0.600. The fraction of sp³-hybridized carbons (Fsp3) is 1.00. The first-order chi connectivity index (χ1) is 22.4. The number of quaternary nitrogens is 1. The molecule has 292 valence electrons. The Labute approximate surface area is 290 Å². The van der Waals surface area contributed by atoms with Crippen LogP contribution < -0.4 is 0 Å². The van der Waals surface area contributed by atoms with Crippen LogP contribution in [0.4, 0.5) is 26.3 Å². The van der Waals surface area contributed by atoms with Gasteiger partial charge in [-0.3, -0.25) is 0 Å². The SMILES string of the molecule is CCCCCCCC[N+](CCCCCCCC)(CCCCCCCC)CCCCCCCC.O=S(=O)([N-]S(=O)(=O)C(F)(F)F)C(F)(F)F. The summed E-state index contributed by atoms with van der Waals surface area (Å²) in [6, 6.07) is 0. The molecule has 0 aliphatic rings. The third kappa shape index (κ3) is 25.4. The average Bonchev–Trinajstić information content (AvgIpc) is 2.99. The van der Waals surface area contributed by atoms with E-state index in [1.54, 1.807) is 0 Å². The van der Waals surface area contributed by atoms with Crippen LogP contribution in [-0.2, 0) is 20.0 Å². The largest absolute Gasteiger partial charge is 0.480 e. The molecule has 0 fully saturated rings. The van der Waals surface area contributed by atoms with Gasteiger partial charge in [-0.2, -0.15) is 26.3 Å². The molecule has 0 aromatic rings. The molecule has 0 atom stereocenters. The Kier molecular flexibility index (Phi) is 28.9. The Bertz CT molecular complexity index is 848. The third-order valence-corrected chi connectivity index (χ3v) is 11.5. The first kappa shape index (κ1) is 49.5. The maximum Gasteiger partial charge on any atom is 0.480 e. The minimum absolute atomic E-state index is 0.778. The van der Waals surface area contributed by atoms with E-state index in [4.69, 9.17) is 0 Å². The molecule has 0 N–H and O–H groups in total. The minimum atomic E-state index is -6.72. The summed E-state index contributed by atoms with van der Waals surface area (Å²) in [5.74, 6) is 0. The molecular weight excluding hydrogens is 679 g/mol. The summed E-state index contributed by atoms with van der Waals surface area (Å²) >= 11 is 0. The zero-order valence-corrected chi connectivity index (χ0v) is 32.0. The van der Waals surface area contributed by atoms with Gasteiger partial charge in [-0.25, -0.2) is 16.8 Å². The van der Waals surface area contributed by atoms with E-state index in [2.05, 4.69) is 27.7 Å². The van der Waals surface area contributed by atoms with Gasteiger partial charge in [0.05, 0.1) is 26.2 Å². The van der Waals surface area contributed by atoms with Crippen LogP contribution in [0.3, 0.4) is 0 Å². The van der Waals surface area contributed by atoms with Crippen molar-refractivity contribution >= 4 is 20.0 Å². The number of rotatable bonds is 30. The van der Waals surface area contributed by atoms with E-state index in [0.717, 1.165) is 4.13 Å². The number of unbranched alkanes of at least 4 members (excludes halogenated alkanes) is 20. The predicted octanol–water partition coefficient (Wildman–Crippen LogP) is 12.3. The van der Waals surface area contributed by atoms with E-state index in [0.29, 0.717) is 0 Å². The second-order valence-corrected chi connectivity index (χ2v) is 16.6. The van der Waals surface area contributed by atoms with Crippen LogP contribution in [0.2, 0.25) is 0 Å². The summed E-state index contributed by atoms with van der Waals surface area (Å²) in [4.78, 5) is 0. The minimum Gasteiger partial charge on any atom is -0.421 e. The number of sulfonamides is 2. The number of hydrogen-bond donors (Lipinski definition) is 0. The van der Waals surface area contributed by atoms with Crippen molar-refractivity contribution in [3.63, 3.8) is 0 Å². The van der Waals surface area contributed by atoms with Crippen LogP contribution in [0.25, 0.3) is 4.13 Å². The molecule has 48 heavy (non-hydrogen) atoms. The van der Waals surface area contributed by atoms with Gasteiger partial charge in [-0.15, -0.1) is 0 Å². The summed E-state index contributed by atoms with van der Waals surface area (Å²) in [6.07, 6.45) is 34.8. The molecule has 0 aromatic heterocycles. The highest BCUT2D eigenvalue weighted by Crippen LogP contribution is 2.36. The highest BCUT2D eigenvalue weighted by atomic mass is 32.3. The molecule has 0 amide bonds. The van der Waals surface area contributed by atoms with Gasteiger partial charge in [-0.1, -0.05) is 130 Å². The van der Waals surface area contributed by atoms with Crippen LogP contribution >= 0.6 is 0 Å². The van der Waals surface area contributed by atoms with Gasteiger partial charge < -0.3 is 8.61 Å². The van der Waals surface area contributed by atoms with Crippen molar-refractivity contribution in [2.45, 2.75) is 193 Å². The quantitative estimate of drug-likeness (QED) is 0.0416. The fourth-order valence-corrected chi connectivity index (χ4v) is 7.50. The molecule has 0 spiro atoms. The van der Waals surface area contributed by atoms with E-state index >= 15 is 0 Å². The van der Waals surface area contributed by atoms with Gasteiger partial charge in [0.25, 0.3) is 0 Å². The summed E-state index contributed by atoms with van der Waals surface area (Å²) in [7, 11) is -13.4. The van der Waals surface area contributed by atoms with Crippen LogP contribution in [0, 0.1) is 0 Å². The van der Waals surface area contributed by atoms with Gasteiger partial charge in [-0.05, 0) is 51.4 Å². The van der Waals surface area contributed by atoms with Crippen molar-refractivity contribution in [3.8, 4) is 0 Å². The number of nitrogens with zero attached hydrogens (tertiary/aromatic N) is 2. The van der Waals surface area contributed by atoms with E-state index < -0.39 is 31.1 Å². The van der Waals surface area contributed by atoms with Crippen molar-refractivity contribution in [2.24, 2.45) is 0 Å². The first-order valence-electron chi connectivity index (χ1n) is 18.7. The van der Waals surface area contributed by atoms with Gasteiger partial charge in [0.2, 0.25) is 0 Å². The lowest BCUT2D eigenvalue weighted by molar-refractivity contribution is -0.929. The molecule has 0 unspecified atom stereocenters. The molecule has 14 heteroatoms. The Balaban J connectivity index is 0. The summed E-state index contributed by atoms with van der Waals surface area (Å²) in [5, 5.41) is 0. The molecule has 0 saturated heterocycles. The van der Waals surface area contributed by atoms with Crippen molar-refractivity contribution in [2.75, 3.05) is 26.2 Å². The molecule has 0 bridgehead atoms. The summed E-state index contributed by atoms with van der Waals surface area (Å²) in [6.45, 7) is 15.3. The normalized spacial score (nSPS) is 13.0. The van der Waals surface area contributed by atoms with Crippen LogP contribution in [0.5, 0.6) is 0 Å². The molecule has 0 aromatic carbocycles. The predicted molar refractivity (Wildman–Crippen MR) is 187 cm³/mol. The molecule has 0 heterocycles. The molecule has 0 rings (SSSR count). The monoisotopic (exact) mass is 746 g/mol. The average molecular weight is 747 g/mol. The highest BCUT2D eigenvalue weighted by molar-refractivity contribution is 8.13. The topological polar surface area (TPSA) is 82.4 Å². The molecule has 0 aliphatic carbocycles. The Morgan fingerprint density at radius 3 is 0.750 bits per heavy atom. The zero-order valence-electron chi connectivity index (χ0n) is 30.4.